The van der Waals surface area contributed by atoms with Crippen molar-refractivity contribution in [3.05, 3.63) is 12.7 Å². The molecule has 1 aliphatic rings. The molecule has 1 rings (SSSR count). The minimum absolute atomic E-state index is 0.616. The van der Waals surface area contributed by atoms with Crippen molar-refractivity contribution < 1.29 is 0 Å². The maximum Gasteiger partial charge on any atom is 0.0192 e. The fraction of sp³-hybridized carbons (Fsp3) is 0.857. The summed E-state index contributed by atoms with van der Waals surface area (Å²) in [6, 6.07) is 1.30. The number of hydrogen-bond acceptors (Lipinski definition) is 2. The van der Waals surface area contributed by atoms with Crippen LogP contribution in [0, 0.1) is 0 Å². The molecule has 1 fully saturated rings. The lowest BCUT2D eigenvalue weighted by molar-refractivity contribution is 0.168. The Morgan fingerprint density at radius 3 is 2.56 bits per heavy atom. The van der Waals surface area contributed by atoms with Gasteiger partial charge in [0, 0.05) is 18.6 Å². The standard InChI is InChI=1S/C14H28N2/c1-4-5-9-13(2)15-12-14(3)16-10-7-6-8-11-16/h4,13-15H,1,5-12H2,2-3H3. The van der Waals surface area contributed by atoms with E-state index in [1.807, 2.05) is 6.08 Å². The highest BCUT2D eigenvalue weighted by atomic mass is 15.2. The van der Waals surface area contributed by atoms with Crippen LogP contribution in [-0.4, -0.2) is 36.6 Å². The fourth-order valence-electron chi connectivity index (χ4n) is 2.33. The SMILES string of the molecule is C=CCCC(C)NCC(C)N1CCCCC1. The summed E-state index contributed by atoms with van der Waals surface area (Å²) in [5.74, 6) is 0. The van der Waals surface area contributed by atoms with Gasteiger partial charge in [0.15, 0.2) is 0 Å². The predicted octanol–water partition coefficient (Wildman–Crippen LogP) is 2.81. The number of likely N-dealkylation sites (tertiary alicyclic amines) is 1. The Labute approximate surface area is 101 Å². The zero-order valence-electron chi connectivity index (χ0n) is 11.0. The molecule has 1 N–H and O–H groups in total. The first-order valence-electron chi connectivity index (χ1n) is 6.82. The van der Waals surface area contributed by atoms with Crippen LogP contribution in [-0.2, 0) is 0 Å². The average molecular weight is 224 g/mol. The van der Waals surface area contributed by atoms with Gasteiger partial charge in [0.2, 0.25) is 0 Å². The number of rotatable bonds is 7. The first-order chi connectivity index (χ1) is 7.74. The van der Waals surface area contributed by atoms with Gasteiger partial charge in [0.1, 0.15) is 0 Å². The normalized spacial score (nSPS) is 21.6. The molecule has 0 spiro atoms. The molecule has 1 heterocycles. The van der Waals surface area contributed by atoms with Crippen molar-refractivity contribution in [3.63, 3.8) is 0 Å². The largest absolute Gasteiger partial charge is 0.313 e. The highest BCUT2D eigenvalue weighted by Crippen LogP contribution is 2.11. The Balaban J connectivity index is 2.12. The van der Waals surface area contributed by atoms with E-state index in [4.69, 9.17) is 0 Å². The molecule has 0 amide bonds. The molecule has 16 heavy (non-hydrogen) atoms. The molecular formula is C14H28N2. The predicted molar refractivity (Wildman–Crippen MR) is 71.8 cm³/mol. The molecule has 1 aliphatic heterocycles. The number of nitrogens with zero attached hydrogens (tertiary/aromatic N) is 1. The van der Waals surface area contributed by atoms with E-state index in [-0.39, 0.29) is 0 Å². The van der Waals surface area contributed by atoms with Gasteiger partial charge in [-0.15, -0.1) is 6.58 Å². The molecule has 2 nitrogen and oxygen atoms in total. The number of nitrogens with one attached hydrogen (secondary N) is 1. The summed E-state index contributed by atoms with van der Waals surface area (Å²) in [4.78, 5) is 2.62. The summed E-state index contributed by atoms with van der Waals surface area (Å²) in [5, 5.41) is 3.63. The summed E-state index contributed by atoms with van der Waals surface area (Å²) in [7, 11) is 0. The highest BCUT2D eigenvalue weighted by molar-refractivity contribution is 4.76. The van der Waals surface area contributed by atoms with E-state index >= 15 is 0 Å². The van der Waals surface area contributed by atoms with Crippen molar-refractivity contribution in [2.45, 2.75) is 58.0 Å². The molecule has 0 aromatic carbocycles. The maximum atomic E-state index is 3.77. The van der Waals surface area contributed by atoms with E-state index in [1.54, 1.807) is 0 Å². The average Bonchev–Trinajstić information content (AvgIpc) is 2.34. The lowest BCUT2D eigenvalue weighted by Crippen LogP contribution is -2.44. The van der Waals surface area contributed by atoms with Crippen LogP contribution in [0.3, 0.4) is 0 Å². The fourth-order valence-corrected chi connectivity index (χ4v) is 2.33. The van der Waals surface area contributed by atoms with Gasteiger partial charge in [-0.1, -0.05) is 12.5 Å². The molecule has 0 aromatic heterocycles. The Morgan fingerprint density at radius 1 is 1.25 bits per heavy atom. The van der Waals surface area contributed by atoms with E-state index in [9.17, 15) is 0 Å². The molecule has 2 unspecified atom stereocenters. The van der Waals surface area contributed by atoms with E-state index in [2.05, 4.69) is 30.6 Å². The molecular weight excluding hydrogens is 196 g/mol. The van der Waals surface area contributed by atoms with Crippen LogP contribution in [0.1, 0.15) is 46.0 Å². The van der Waals surface area contributed by atoms with Gasteiger partial charge in [0.05, 0.1) is 0 Å². The van der Waals surface area contributed by atoms with E-state index in [1.165, 1.54) is 38.8 Å². The summed E-state index contributed by atoms with van der Waals surface area (Å²) in [6.07, 6.45) is 8.52. The topological polar surface area (TPSA) is 15.3 Å². The lowest BCUT2D eigenvalue weighted by atomic mass is 10.1. The smallest absolute Gasteiger partial charge is 0.0192 e. The number of piperidine rings is 1. The number of allylic oxidation sites excluding steroid dienone is 1. The molecule has 0 saturated carbocycles. The Bertz CT molecular complexity index is 185. The summed E-state index contributed by atoms with van der Waals surface area (Å²) in [6.45, 7) is 12.1. The minimum atomic E-state index is 0.616. The van der Waals surface area contributed by atoms with Gasteiger partial charge in [-0.3, -0.25) is 4.90 Å². The lowest BCUT2D eigenvalue weighted by Gasteiger charge is -2.33. The Morgan fingerprint density at radius 2 is 1.94 bits per heavy atom. The van der Waals surface area contributed by atoms with Crippen molar-refractivity contribution in [3.8, 4) is 0 Å². The van der Waals surface area contributed by atoms with Gasteiger partial charge >= 0.3 is 0 Å². The van der Waals surface area contributed by atoms with E-state index < -0.39 is 0 Å². The summed E-state index contributed by atoms with van der Waals surface area (Å²) in [5.41, 5.74) is 0. The molecule has 1 saturated heterocycles. The van der Waals surface area contributed by atoms with Crippen molar-refractivity contribution >= 4 is 0 Å². The van der Waals surface area contributed by atoms with E-state index in [0.29, 0.717) is 12.1 Å². The third-order valence-electron chi connectivity index (χ3n) is 3.58. The van der Waals surface area contributed by atoms with Crippen molar-refractivity contribution in [1.82, 2.24) is 10.2 Å². The molecule has 0 bridgehead atoms. The van der Waals surface area contributed by atoms with Crippen LogP contribution in [0.4, 0.5) is 0 Å². The second kappa shape index (κ2) is 7.86. The first-order valence-corrected chi connectivity index (χ1v) is 6.82. The van der Waals surface area contributed by atoms with Crippen LogP contribution >= 0.6 is 0 Å². The molecule has 2 heteroatoms. The van der Waals surface area contributed by atoms with Crippen molar-refractivity contribution in [2.75, 3.05) is 19.6 Å². The quantitative estimate of drug-likeness (QED) is 0.669. The van der Waals surface area contributed by atoms with Crippen LogP contribution in [0.5, 0.6) is 0 Å². The van der Waals surface area contributed by atoms with Crippen LogP contribution in [0.25, 0.3) is 0 Å². The third-order valence-corrected chi connectivity index (χ3v) is 3.58. The van der Waals surface area contributed by atoms with Gasteiger partial charge < -0.3 is 5.32 Å². The van der Waals surface area contributed by atoms with Crippen LogP contribution in [0.15, 0.2) is 12.7 Å². The zero-order chi connectivity index (χ0) is 11.8. The van der Waals surface area contributed by atoms with E-state index in [0.717, 1.165) is 13.0 Å². The second-order valence-corrected chi connectivity index (χ2v) is 5.12. The second-order valence-electron chi connectivity index (χ2n) is 5.12. The molecule has 2 atom stereocenters. The zero-order valence-corrected chi connectivity index (χ0v) is 11.0. The Kier molecular flexibility index (Phi) is 6.74. The Hall–Kier alpha value is -0.340. The van der Waals surface area contributed by atoms with Gasteiger partial charge in [0.25, 0.3) is 0 Å². The maximum absolute atomic E-state index is 3.77. The highest BCUT2D eigenvalue weighted by Gasteiger charge is 2.16. The minimum Gasteiger partial charge on any atom is -0.313 e. The van der Waals surface area contributed by atoms with Gasteiger partial charge in [-0.25, -0.2) is 0 Å². The molecule has 0 radical (unpaired) electrons. The summed E-state index contributed by atoms with van der Waals surface area (Å²) < 4.78 is 0. The van der Waals surface area contributed by atoms with Crippen molar-refractivity contribution in [1.29, 1.82) is 0 Å². The van der Waals surface area contributed by atoms with Gasteiger partial charge in [-0.2, -0.15) is 0 Å². The van der Waals surface area contributed by atoms with Crippen LogP contribution < -0.4 is 5.32 Å². The van der Waals surface area contributed by atoms with Crippen molar-refractivity contribution in [2.24, 2.45) is 0 Å². The van der Waals surface area contributed by atoms with Gasteiger partial charge in [-0.05, 0) is 52.6 Å². The van der Waals surface area contributed by atoms with Crippen LogP contribution in [0.2, 0.25) is 0 Å². The third kappa shape index (κ3) is 5.13. The molecule has 0 aromatic rings. The summed E-state index contributed by atoms with van der Waals surface area (Å²) >= 11 is 0. The molecule has 94 valence electrons. The molecule has 0 aliphatic carbocycles. The first kappa shape index (κ1) is 13.7. The number of hydrogen-bond donors (Lipinski definition) is 1. The monoisotopic (exact) mass is 224 g/mol.